The van der Waals surface area contributed by atoms with Crippen molar-refractivity contribution >= 4 is 23.3 Å². The summed E-state index contributed by atoms with van der Waals surface area (Å²) in [4.78, 5) is 35.7. The molecule has 0 unspecified atom stereocenters. The number of carbonyl (C=O) groups excluding carboxylic acids is 3. The van der Waals surface area contributed by atoms with Gasteiger partial charge < -0.3 is 19.5 Å². The van der Waals surface area contributed by atoms with Crippen LogP contribution in [-0.4, -0.2) is 38.0 Å². The number of ether oxygens (including phenoxy) is 3. The van der Waals surface area contributed by atoms with Gasteiger partial charge in [-0.1, -0.05) is 0 Å². The maximum atomic E-state index is 12.0. The quantitative estimate of drug-likeness (QED) is 0.458. The molecule has 0 aliphatic heterocycles. The number of esters is 1. The molecule has 0 bridgehead atoms. The van der Waals surface area contributed by atoms with E-state index in [0.717, 1.165) is 5.75 Å². The molecule has 0 aliphatic carbocycles. The fourth-order valence-electron chi connectivity index (χ4n) is 2.50. The summed E-state index contributed by atoms with van der Waals surface area (Å²) in [6, 6.07) is 13.6. The summed E-state index contributed by atoms with van der Waals surface area (Å²) in [5, 5.41) is 2.76. The van der Waals surface area contributed by atoms with Crippen molar-refractivity contribution in [3.8, 4) is 11.5 Å². The molecule has 0 aromatic heterocycles. The fourth-order valence-corrected chi connectivity index (χ4v) is 2.50. The first-order valence-electron chi connectivity index (χ1n) is 9.37. The van der Waals surface area contributed by atoms with Crippen LogP contribution in [0.1, 0.15) is 36.5 Å². The molecule has 0 aliphatic rings. The standard InChI is InChI=1S/C22H25NO6/c1-3-28-19-13-9-17(10-14-19)23-21(25)5-4-6-22(26)29-15-20(24)16-7-11-18(27-2)12-8-16/h7-14H,3-6,15H2,1-2H3,(H,23,25). The molecule has 0 spiro atoms. The Labute approximate surface area is 170 Å². The van der Waals surface area contributed by atoms with Crippen molar-refractivity contribution < 1.29 is 28.6 Å². The van der Waals surface area contributed by atoms with E-state index in [2.05, 4.69) is 5.32 Å². The van der Waals surface area contributed by atoms with Gasteiger partial charge in [-0.3, -0.25) is 14.4 Å². The normalized spacial score (nSPS) is 10.1. The van der Waals surface area contributed by atoms with Crippen LogP contribution in [-0.2, 0) is 14.3 Å². The molecule has 1 N–H and O–H groups in total. The van der Waals surface area contributed by atoms with Crippen LogP contribution in [0.3, 0.4) is 0 Å². The zero-order valence-corrected chi connectivity index (χ0v) is 16.6. The molecule has 7 heteroatoms. The van der Waals surface area contributed by atoms with Crippen LogP contribution in [0.15, 0.2) is 48.5 Å². The van der Waals surface area contributed by atoms with Crippen molar-refractivity contribution in [3.63, 3.8) is 0 Å². The number of rotatable bonds is 11. The summed E-state index contributed by atoms with van der Waals surface area (Å²) in [6.07, 6.45) is 0.569. The highest BCUT2D eigenvalue weighted by Crippen LogP contribution is 2.16. The highest BCUT2D eigenvalue weighted by atomic mass is 16.5. The average Bonchev–Trinajstić information content (AvgIpc) is 2.73. The zero-order chi connectivity index (χ0) is 21.1. The van der Waals surface area contributed by atoms with Gasteiger partial charge in [0.1, 0.15) is 11.5 Å². The molecule has 0 heterocycles. The first kappa shape index (κ1) is 21.9. The Hall–Kier alpha value is -3.35. The lowest BCUT2D eigenvalue weighted by atomic mass is 10.1. The second-order valence-corrected chi connectivity index (χ2v) is 6.17. The first-order valence-corrected chi connectivity index (χ1v) is 9.37. The van der Waals surface area contributed by atoms with E-state index in [4.69, 9.17) is 14.2 Å². The lowest BCUT2D eigenvalue weighted by molar-refractivity contribution is -0.142. The summed E-state index contributed by atoms with van der Waals surface area (Å²) >= 11 is 0. The van der Waals surface area contributed by atoms with Crippen molar-refractivity contribution in [2.75, 3.05) is 25.6 Å². The molecular formula is C22H25NO6. The van der Waals surface area contributed by atoms with Crippen LogP contribution < -0.4 is 14.8 Å². The molecule has 1 amide bonds. The Morgan fingerprint density at radius 1 is 0.897 bits per heavy atom. The minimum atomic E-state index is -0.513. The van der Waals surface area contributed by atoms with Crippen LogP contribution in [0.2, 0.25) is 0 Å². The Balaban J connectivity index is 1.65. The molecule has 29 heavy (non-hydrogen) atoms. The van der Waals surface area contributed by atoms with Gasteiger partial charge in [0.05, 0.1) is 13.7 Å². The second-order valence-electron chi connectivity index (χ2n) is 6.17. The summed E-state index contributed by atoms with van der Waals surface area (Å²) in [6.45, 7) is 2.15. The highest BCUT2D eigenvalue weighted by Gasteiger charge is 2.11. The van der Waals surface area contributed by atoms with Crippen LogP contribution in [0, 0.1) is 0 Å². The second kappa shape index (κ2) is 11.5. The number of Topliss-reactive ketones (excluding diaryl/α,β-unsaturated/α-hetero) is 1. The molecule has 0 atom stereocenters. The van der Waals surface area contributed by atoms with Gasteiger partial charge in [-0.15, -0.1) is 0 Å². The van der Waals surface area contributed by atoms with E-state index in [1.165, 1.54) is 7.11 Å². The minimum absolute atomic E-state index is 0.0621. The van der Waals surface area contributed by atoms with E-state index >= 15 is 0 Å². The number of amides is 1. The van der Waals surface area contributed by atoms with E-state index in [9.17, 15) is 14.4 Å². The van der Waals surface area contributed by atoms with E-state index in [1.807, 2.05) is 6.92 Å². The largest absolute Gasteiger partial charge is 0.497 e. The molecule has 7 nitrogen and oxygen atoms in total. The van der Waals surface area contributed by atoms with Crippen molar-refractivity contribution in [2.24, 2.45) is 0 Å². The summed E-state index contributed by atoms with van der Waals surface area (Å²) in [7, 11) is 1.54. The summed E-state index contributed by atoms with van der Waals surface area (Å²) in [5.41, 5.74) is 1.10. The van der Waals surface area contributed by atoms with E-state index < -0.39 is 5.97 Å². The minimum Gasteiger partial charge on any atom is -0.497 e. The Kier molecular flexibility index (Phi) is 8.69. The van der Waals surface area contributed by atoms with Crippen molar-refractivity contribution in [3.05, 3.63) is 54.1 Å². The number of hydrogen-bond acceptors (Lipinski definition) is 6. The number of hydrogen-bond donors (Lipinski definition) is 1. The predicted molar refractivity (Wildman–Crippen MR) is 108 cm³/mol. The summed E-state index contributed by atoms with van der Waals surface area (Å²) in [5.74, 6) is 0.366. The monoisotopic (exact) mass is 399 g/mol. The molecule has 2 rings (SSSR count). The van der Waals surface area contributed by atoms with Gasteiger partial charge in [-0.2, -0.15) is 0 Å². The Morgan fingerprint density at radius 3 is 2.17 bits per heavy atom. The molecule has 2 aromatic carbocycles. The van der Waals surface area contributed by atoms with Gasteiger partial charge in [-0.05, 0) is 61.9 Å². The SMILES string of the molecule is CCOc1ccc(NC(=O)CCCC(=O)OCC(=O)c2ccc(OC)cc2)cc1. The van der Waals surface area contributed by atoms with Crippen LogP contribution >= 0.6 is 0 Å². The lowest BCUT2D eigenvalue weighted by Gasteiger charge is -2.07. The molecule has 0 radical (unpaired) electrons. The highest BCUT2D eigenvalue weighted by molar-refractivity contribution is 5.98. The summed E-state index contributed by atoms with van der Waals surface area (Å²) < 4.78 is 15.4. The van der Waals surface area contributed by atoms with Crippen LogP contribution in [0.4, 0.5) is 5.69 Å². The van der Waals surface area contributed by atoms with Gasteiger partial charge >= 0.3 is 5.97 Å². The number of benzene rings is 2. The van der Waals surface area contributed by atoms with Crippen molar-refractivity contribution in [2.45, 2.75) is 26.2 Å². The van der Waals surface area contributed by atoms with Gasteiger partial charge in [0.15, 0.2) is 12.4 Å². The number of anilines is 1. The van der Waals surface area contributed by atoms with E-state index in [1.54, 1.807) is 48.5 Å². The number of methoxy groups -OCH3 is 1. The zero-order valence-electron chi connectivity index (χ0n) is 16.6. The van der Waals surface area contributed by atoms with Gasteiger partial charge in [0.25, 0.3) is 0 Å². The number of ketones is 1. The third-order valence-corrected chi connectivity index (χ3v) is 4.01. The number of carbonyl (C=O) groups is 3. The molecule has 0 saturated heterocycles. The van der Waals surface area contributed by atoms with Gasteiger partial charge in [0.2, 0.25) is 5.91 Å². The molecule has 0 fully saturated rings. The van der Waals surface area contributed by atoms with Crippen LogP contribution in [0.5, 0.6) is 11.5 Å². The van der Waals surface area contributed by atoms with Gasteiger partial charge in [0, 0.05) is 24.1 Å². The lowest BCUT2D eigenvalue weighted by Crippen LogP contribution is -2.15. The maximum Gasteiger partial charge on any atom is 0.306 e. The molecule has 2 aromatic rings. The Bertz CT molecular complexity index is 814. The average molecular weight is 399 g/mol. The smallest absolute Gasteiger partial charge is 0.306 e. The molecule has 0 saturated carbocycles. The fraction of sp³-hybridized carbons (Fsp3) is 0.318. The van der Waals surface area contributed by atoms with E-state index in [-0.39, 0.29) is 31.1 Å². The predicted octanol–water partition coefficient (Wildman–Crippen LogP) is 3.63. The van der Waals surface area contributed by atoms with Crippen LogP contribution in [0.25, 0.3) is 0 Å². The van der Waals surface area contributed by atoms with Gasteiger partial charge in [-0.25, -0.2) is 0 Å². The van der Waals surface area contributed by atoms with Crippen molar-refractivity contribution in [1.82, 2.24) is 0 Å². The Morgan fingerprint density at radius 2 is 1.55 bits per heavy atom. The number of nitrogens with one attached hydrogen (secondary N) is 1. The van der Waals surface area contributed by atoms with E-state index in [0.29, 0.717) is 30.0 Å². The third-order valence-electron chi connectivity index (χ3n) is 4.01. The topological polar surface area (TPSA) is 90.9 Å². The first-order chi connectivity index (χ1) is 14.0. The van der Waals surface area contributed by atoms with Crippen molar-refractivity contribution in [1.29, 1.82) is 0 Å². The molecular weight excluding hydrogens is 374 g/mol. The third kappa shape index (κ3) is 7.65. The molecule has 154 valence electrons. The maximum absolute atomic E-state index is 12.0.